The third kappa shape index (κ3) is 8.20. The van der Waals surface area contributed by atoms with E-state index in [2.05, 4.69) is 46.8 Å². The second-order valence-corrected chi connectivity index (χ2v) is 12.5. The average Bonchev–Trinajstić information content (AvgIpc) is 3.48. The molecule has 45 heavy (non-hydrogen) atoms. The fourth-order valence-electron chi connectivity index (χ4n) is 5.19. The molecule has 4 heterocycles. The Bertz CT molecular complexity index is 1660. The van der Waals surface area contributed by atoms with Gasteiger partial charge in [-0.3, -0.25) is 4.79 Å². The predicted octanol–water partition coefficient (Wildman–Crippen LogP) is 5.18. The highest BCUT2D eigenvalue weighted by Gasteiger charge is 2.41. The van der Waals surface area contributed by atoms with Crippen molar-refractivity contribution in [2.24, 2.45) is 0 Å². The Hall–Kier alpha value is -4.85. The van der Waals surface area contributed by atoms with Gasteiger partial charge in [0.1, 0.15) is 27.4 Å². The SMILES string of the molecule is CC(C)(C)OC(=O)NC1CC(n2cc(-c3ccc(NC(=O)c4cccc(Br)n4)nc3)nn2)C(Cc2ccccc2)N(C(=O)O)C1. The van der Waals surface area contributed by atoms with Gasteiger partial charge in [-0.05, 0) is 79.4 Å². The van der Waals surface area contributed by atoms with E-state index in [1.807, 2.05) is 30.3 Å². The first-order valence-electron chi connectivity index (χ1n) is 14.3. The Morgan fingerprint density at radius 1 is 1.07 bits per heavy atom. The molecule has 5 rings (SSSR count). The molecule has 0 saturated carbocycles. The molecule has 3 N–H and O–H groups in total. The number of benzene rings is 1. The van der Waals surface area contributed by atoms with Gasteiger partial charge >= 0.3 is 12.2 Å². The number of anilines is 1. The van der Waals surface area contributed by atoms with Crippen molar-refractivity contribution in [1.82, 2.24) is 35.2 Å². The Balaban J connectivity index is 1.38. The standard InChI is InChI=1S/C31H33BrN8O5/c1-31(2,3)45-29(42)34-21-15-25(24(39(17-21)30(43)44)14-19-8-5-4-6-9-19)40-18-23(37-38-40)20-12-13-27(33-16-20)36-28(41)22-10-7-11-26(32)35-22/h4-13,16,18,21,24-25H,14-15,17H2,1-3H3,(H,34,42)(H,43,44)(H,33,36,41). The smallest absolute Gasteiger partial charge is 0.407 e. The number of hydrogen-bond donors (Lipinski definition) is 3. The van der Waals surface area contributed by atoms with E-state index in [1.165, 1.54) is 4.90 Å². The molecule has 4 aromatic rings. The Kier molecular flexibility index (Phi) is 9.42. The van der Waals surface area contributed by atoms with E-state index in [1.54, 1.807) is 68.2 Å². The van der Waals surface area contributed by atoms with E-state index >= 15 is 0 Å². The van der Waals surface area contributed by atoms with E-state index in [4.69, 9.17) is 4.74 Å². The van der Waals surface area contributed by atoms with E-state index < -0.39 is 41.8 Å². The second-order valence-electron chi connectivity index (χ2n) is 11.7. The highest BCUT2D eigenvalue weighted by molar-refractivity contribution is 9.10. The molecule has 1 saturated heterocycles. The third-order valence-corrected chi connectivity index (χ3v) is 7.58. The van der Waals surface area contributed by atoms with Gasteiger partial charge in [-0.25, -0.2) is 24.2 Å². The monoisotopic (exact) mass is 676 g/mol. The van der Waals surface area contributed by atoms with Crippen LogP contribution in [0.4, 0.5) is 15.4 Å². The number of rotatable bonds is 7. The van der Waals surface area contributed by atoms with Crippen LogP contribution in [0.25, 0.3) is 11.3 Å². The molecule has 3 unspecified atom stereocenters. The number of hydrogen-bond acceptors (Lipinski definition) is 8. The van der Waals surface area contributed by atoms with Gasteiger partial charge in [-0.1, -0.05) is 41.6 Å². The van der Waals surface area contributed by atoms with Crippen molar-refractivity contribution in [3.63, 3.8) is 0 Å². The maximum Gasteiger partial charge on any atom is 0.407 e. The number of halogens is 1. The van der Waals surface area contributed by atoms with Crippen LogP contribution in [0.1, 0.15) is 49.3 Å². The fraction of sp³-hybridized carbons (Fsp3) is 0.323. The number of carboxylic acid groups (broad SMARTS) is 1. The summed E-state index contributed by atoms with van der Waals surface area (Å²) in [6.45, 7) is 5.39. The first kappa shape index (κ1) is 31.6. The van der Waals surface area contributed by atoms with Gasteiger partial charge in [-0.2, -0.15) is 0 Å². The molecule has 13 nitrogen and oxygen atoms in total. The summed E-state index contributed by atoms with van der Waals surface area (Å²) in [7, 11) is 0. The number of ether oxygens (including phenoxy) is 1. The summed E-state index contributed by atoms with van der Waals surface area (Å²) in [5.74, 6) is -0.0666. The lowest BCUT2D eigenvalue weighted by Crippen LogP contribution is -2.58. The van der Waals surface area contributed by atoms with Gasteiger partial charge in [-0.15, -0.1) is 5.10 Å². The molecule has 1 aliphatic rings. The fourth-order valence-corrected chi connectivity index (χ4v) is 5.54. The van der Waals surface area contributed by atoms with Gasteiger partial charge in [0.05, 0.1) is 24.3 Å². The van der Waals surface area contributed by atoms with Crippen LogP contribution in [0.5, 0.6) is 0 Å². The molecular weight excluding hydrogens is 644 g/mol. The third-order valence-electron chi connectivity index (χ3n) is 7.14. The minimum Gasteiger partial charge on any atom is -0.465 e. The van der Waals surface area contributed by atoms with E-state index in [0.29, 0.717) is 34.5 Å². The van der Waals surface area contributed by atoms with Crippen molar-refractivity contribution in [2.75, 3.05) is 11.9 Å². The van der Waals surface area contributed by atoms with Gasteiger partial charge in [0.15, 0.2) is 0 Å². The van der Waals surface area contributed by atoms with Gasteiger partial charge < -0.3 is 25.4 Å². The van der Waals surface area contributed by atoms with Crippen molar-refractivity contribution >= 4 is 39.8 Å². The minimum absolute atomic E-state index is 0.0939. The zero-order valence-corrected chi connectivity index (χ0v) is 26.5. The van der Waals surface area contributed by atoms with E-state index in [-0.39, 0.29) is 12.2 Å². The maximum atomic E-state index is 12.6. The van der Waals surface area contributed by atoms with Crippen LogP contribution in [0, 0.1) is 0 Å². The molecule has 0 radical (unpaired) electrons. The van der Waals surface area contributed by atoms with Crippen LogP contribution < -0.4 is 10.6 Å². The topological polar surface area (TPSA) is 164 Å². The normalized spacial score (nSPS) is 18.2. The summed E-state index contributed by atoms with van der Waals surface area (Å²) in [5, 5.41) is 24.5. The van der Waals surface area contributed by atoms with Crippen molar-refractivity contribution < 1.29 is 24.2 Å². The van der Waals surface area contributed by atoms with Gasteiger partial charge in [0, 0.05) is 18.3 Å². The van der Waals surface area contributed by atoms with Crippen LogP contribution in [-0.4, -0.2) is 77.3 Å². The highest BCUT2D eigenvalue weighted by Crippen LogP contribution is 2.32. The number of likely N-dealkylation sites (tertiary alicyclic amines) is 1. The number of nitrogens with zero attached hydrogens (tertiary/aromatic N) is 6. The largest absolute Gasteiger partial charge is 0.465 e. The van der Waals surface area contributed by atoms with Crippen LogP contribution in [-0.2, 0) is 11.2 Å². The van der Waals surface area contributed by atoms with Crippen molar-refractivity contribution in [2.45, 2.75) is 57.3 Å². The zero-order chi connectivity index (χ0) is 32.1. The molecular formula is C31H33BrN8O5. The average molecular weight is 678 g/mol. The molecule has 0 aliphatic carbocycles. The van der Waals surface area contributed by atoms with Gasteiger partial charge in [0.2, 0.25) is 0 Å². The quantitative estimate of drug-likeness (QED) is 0.224. The summed E-state index contributed by atoms with van der Waals surface area (Å²) in [6, 6.07) is 16.6. The number of alkyl carbamates (subject to hydrolysis) is 1. The van der Waals surface area contributed by atoms with Crippen LogP contribution in [0.3, 0.4) is 0 Å². The van der Waals surface area contributed by atoms with Crippen LogP contribution >= 0.6 is 15.9 Å². The summed E-state index contributed by atoms with van der Waals surface area (Å²) >= 11 is 3.26. The number of aromatic nitrogens is 5. The van der Waals surface area contributed by atoms with E-state index in [0.717, 1.165) is 5.56 Å². The Morgan fingerprint density at radius 3 is 2.51 bits per heavy atom. The number of piperidine rings is 1. The van der Waals surface area contributed by atoms with Crippen molar-refractivity contribution in [1.29, 1.82) is 0 Å². The van der Waals surface area contributed by atoms with E-state index in [9.17, 15) is 19.5 Å². The maximum absolute atomic E-state index is 12.6. The Labute approximate surface area is 268 Å². The molecule has 14 heteroatoms. The molecule has 3 atom stereocenters. The lowest BCUT2D eigenvalue weighted by molar-refractivity contribution is 0.0355. The lowest BCUT2D eigenvalue weighted by atomic mass is 9.88. The lowest BCUT2D eigenvalue weighted by Gasteiger charge is -2.43. The molecule has 3 aromatic heterocycles. The first-order chi connectivity index (χ1) is 21.4. The summed E-state index contributed by atoms with van der Waals surface area (Å²) in [4.78, 5) is 47.6. The minimum atomic E-state index is -1.10. The molecule has 234 valence electrons. The number of nitrogens with one attached hydrogen (secondary N) is 2. The molecule has 1 aliphatic heterocycles. The number of amides is 3. The molecule has 1 fully saturated rings. The van der Waals surface area contributed by atoms with Crippen molar-refractivity contribution in [3.05, 3.63) is 88.9 Å². The van der Waals surface area contributed by atoms with Crippen LogP contribution in [0.2, 0.25) is 0 Å². The molecule has 3 amide bonds. The first-order valence-corrected chi connectivity index (χ1v) is 15.1. The summed E-state index contributed by atoms with van der Waals surface area (Å²) in [5.41, 5.74) is 1.66. The summed E-state index contributed by atoms with van der Waals surface area (Å²) in [6.07, 6.45) is 2.42. The second kappa shape index (κ2) is 13.4. The van der Waals surface area contributed by atoms with Crippen LogP contribution in [0.15, 0.2) is 77.7 Å². The molecule has 0 spiro atoms. The van der Waals surface area contributed by atoms with Gasteiger partial charge in [0.25, 0.3) is 5.91 Å². The zero-order valence-electron chi connectivity index (χ0n) is 24.9. The van der Waals surface area contributed by atoms with Crippen molar-refractivity contribution in [3.8, 4) is 11.3 Å². The predicted molar refractivity (Wildman–Crippen MR) is 169 cm³/mol. The molecule has 0 bridgehead atoms. The Morgan fingerprint density at radius 2 is 1.84 bits per heavy atom. The number of pyridine rings is 2. The molecule has 1 aromatic carbocycles. The highest BCUT2D eigenvalue weighted by atomic mass is 79.9. The number of carbonyl (C=O) groups is 3. The number of carbonyl (C=O) groups excluding carboxylic acids is 2. The summed E-state index contributed by atoms with van der Waals surface area (Å²) < 4.78 is 7.63.